The van der Waals surface area contributed by atoms with Crippen molar-refractivity contribution in [1.29, 1.82) is 5.26 Å². The summed E-state index contributed by atoms with van der Waals surface area (Å²) >= 11 is 0. The monoisotopic (exact) mass is 481 g/mol. The van der Waals surface area contributed by atoms with Crippen molar-refractivity contribution < 1.29 is 22.6 Å². The molecule has 4 aliphatic rings. The quantitative estimate of drug-likeness (QED) is 0.546. The molecule has 3 aliphatic heterocycles. The van der Waals surface area contributed by atoms with Gasteiger partial charge < -0.3 is 14.4 Å². The minimum atomic E-state index is -4.64. The Labute approximate surface area is 197 Å². The maximum absolute atomic E-state index is 13.0. The van der Waals surface area contributed by atoms with Crippen molar-refractivity contribution >= 4 is 5.82 Å². The number of benzene rings is 1. The molecule has 0 atom stereocenters. The molecule has 7 rings (SSSR count). The van der Waals surface area contributed by atoms with Crippen LogP contribution in [-0.4, -0.2) is 26.6 Å². The third-order valence-corrected chi connectivity index (χ3v) is 6.88. The first-order valence-electron chi connectivity index (χ1n) is 11.0. The van der Waals surface area contributed by atoms with Crippen LogP contribution in [0.2, 0.25) is 0 Å². The van der Waals surface area contributed by atoms with E-state index in [9.17, 15) is 23.2 Å². The van der Waals surface area contributed by atoms with E-state index in [-0.39, 0.29) is 40.8 Å². The van der Waals surface area contributed by atoms with Gasteiger partial charge in [-0.25, -0.2) is 4.79 Å². The Hall–Kier alpha value is -4.07. The summed E-state index contributed by atoms with van der Waals surface area (Å²) < 4.78 is 52.3. The normalized spacial score (nSPS) is 21.7. The van der Waals surface area contributed by atoms with Crippen LogP contribution in [0.3, 0.4) is 0 Å². The Morgan fingerprint density at radius 3 is 2.83 bits per heavy atom. The number of hydrogen-bond acceptors (Lipinski definition) is 7. The second-order valence-corrected chi connectivity index (χ2v) is 9.10. The summed E-state index contributed by atoms with van der Waals surface area (Å²) in [7, 11) is 0. The third kappa shape index (κ3) is 3.48. The minimum Gasteiger partial charge on any atom is -0.472 e. The summed E-state index contributed by atoms with van der Waals surface area (Å²) in [6, 6.07) is 10.5. The zero-order valence-electron chi connectivity index (χ0n) is 18.2. The molecule has 0 unspecified atom stereocenters. The Morgan fingerprint density at radius 1 is 1.23 bits per heavy atom. The fourth-order valence-corrected chi connectivity index (χ4v) is 5.39. The molecule has 1 aliphatic carbocycles. The van der Waals surface area contributed by atoms with E-state index in [1.165, 1.54) is 12.1 Å². The van der Waals surface area contributed by atoms with Gasteiger partial charge in [0.1, 0.15) is 29.9 Å². The Kier molecular flexibility index (Phi) is 4.58. The Bertz CT molecular complexity index is 1440. The molecule has 3 aromatic rings. The van der Waals surface area contributed by atoms with Crippen molar-refractivity contribution in [2.75, 3.05) is 11.4 Å². The van der Waals surface area contributed by atoms with E-state index in [2.05, 4.69) is 14.9 Å². The van der Waals surface area contributed by atoms with Crippen LogP contribution in [0, 0.1) is 17.2 Å². The second kappa shape index (κ2) is 7.46. The number of halogens is 3. The van der Waals surface area contributed by atoms with Crippen molar-refractivity contribution in [2.24, 2.45) is 5.92 Å². The molecule has 2 bridgehead atoms. The fourth-order valence-electron chi connectivity index (χ4n) is 5.39. The highest BCUT2D eigenvalue weighted by Crippen LogP contribution is 2.56. The topological polar surface area (TPSA) is 93.3 Å². The largest absolute Gasteiger partial charge is 0.472 e. The number of nitrogens with zero attached hydrogens (tertiary/aromatic N) is 5. The summed E-state index contributed by atoms with van der Waals surface area (Å²) in [4.78, 5) is 22.3. The van der Waals surface area contributed by atoms with Gasteiger partial charge in [0.05, 0.1) is 17.6 Å². The zero-order chi connectivity index (χ0) is 24.4. The van der Waals surface area contributed by atoms with Gasteiger partial charge in [-0.05, 0) is 30.9 Å². The first-order chi connectivity index (χ1) is 16.8. The van der Waals surface area contributed by atoms with Crippen LogP contribution in [0.1, 0.15) is 29.7 Å². The van der Waals surface area contributed by atoms with Crippen LogP contribution in [0.4, 0.5) is 19.0 Å². The average molecular weight is 481 g/mol. The van der Waals surface area contributed by atoms with Gasteiger partial charge in [0.15, 0.2) is 5.75 Å². The molecule has 2 aromatic heterocycles. The number of para-hydroxylation sites is 1. The molecule has 5 heterocycles. The number of pyridine rings is 1. The van der Waals surface area contributed by atoms with E-state index in [0.29, 0.717) is 18.0 Å². The Morgan fingerprint density at radius 2 is 2.06 bits per heavy atom. The van der Waals surface area contributed by atoms with Gasteiger partial charge in [0.2, 0.25) is 5.88 Å². The van der Waals surface area contributed by atoms with Gasteiger partial charge in [-0.1, -0.05) is 12.1 Å². The predicted molar refractivity (Wildman–Crippen MR) is 116 cm³/mol. The van der Waals surface area contributed by atoms with Gasteiger partial charge in [0, 0.05) is 30.4 Å². The molecule has 11 heteroatoms. The van der Waals surface area contributed by atoms with Crippen molar-refractivity contribution in [1.82, 2.24) is 14.5 Å². The number of hydrogen-bond donors (Lipinski definition) is 0. The third-order valence-electron chi connectivity index (χ3n) is 6.88. The number of rotatable bonds is 5. The predicted octanol–water partition coefficient (Wildman–Crippen LogP) is 3.88. The van der Waals surface area contributed by atoms with Gasteiger partial charge in [-0.15, -0.1) is 0 Å². The van der Waals surface area contributed by atoms with E-state index in [4.69, 9.17) is 9.47 Å². The molecule has 1 saturated carbocycles. The molecule has 0 N–H and O–H groups in total. The standard InChI is InChI=1S/C24H18F3N5O3/c25-24(26,27)18-6-17(4-5-29-18)35-21-15(10-28)2-1-3-16(21)12-34-19-7-20-31(22(33)30-19)13-23-8-14(9-23)11-32(20)23/h1-7,14H,8-9,11-13H2. The molecular weight excluding hydrogens is 463 g/mol. The highest BCUT2D eigenvalue weighted by atomic mass is 19.4. The first kappa shape index (κ1) is 21.5. The highest BCUT2D eigenvalue weighted by molar-refractivity contribution is 5.54. The molecule has 178 valence electrons. The second-order valence-electron chi connectivity index (χ2n) is 9.10. The van der Waals surface area contributed by atoms with E-state index in [1.54, 1.807) is 22.8 Å². The smallest absolute Gasteiger partial charge is 0.433 e. The van der Waals surface area contributed by atoms with Crippen LogP contribution in [-0.2, 0) is 19.3 Å². The molecule has 35 heavy (non-hydrogen) atoms. The highest BCUT2D eigenvalue weighted by Gasteiger charge is 2.60. The van der Waals surface area contributed by atoms with Crippen molar-refractivity contribution in [3.05, 3.63) is 69.9 Å². The minimum absolute atomic E-state index is 0.0269. The first-order valence-corrected chi connectivity index (χ1v) is 11.0. The summed E-state index contributed by atoms with van der Waals surface area (Å²) in [6.07, 6.45) is -1.49. The lowest BCUT2D eigenvalue weighted by Crippen LogP contribution is -2.44. The van der Waals surface area contributed by atoms with Crippen LogP contribution in [0.25, 0.3) is 0 Å². The molecule has 8 nitrogen and oxygen atoms in total. The molecule has 3 fully saturated rings. The molecular formula is C24H18F3N5O3. The van der Waals surface area contributed by atoms with Crippen LogP contribution in [0.15, 0.2) is 47.4 Å². The van der Waals surface area contributed by atoms with Gasteiger partial charge in [-0.3, -0.25) is 9.55 Å². The molecule has 0 amide bonds. The Balaban J connectivity index is 1.27. The number of fused-ring (bicyclic) bond motifs is 1. The SMILES string of the molecule is N#Cc1cccc(COc2cc3n(c(=O)n2)CC24CC(CN32)C4)c1Oc1ccnc(C(F)(F)F)c1. The van der Waals surface area contributed by atoms with Gasteiger partial charge in [0.25, 0.3) is 0 Å². The van der Waals surface area contributed by atoms with Crippen molar-refractivity contribution in [2.45, 2.75) is 37.7 Å². The lowest BCUT2D eigenvalue weighted by Gasteiger charge is -2.37. The summed E-state index contributed by atoms with van der Waals surface area (Å²) in [6.45, 7) is 1.45. The van der Waals surface area contributed by atoms with Crippen molar-refractivity contribution in [3.63, 3.8) is 0 Å². The number of anilines is 1. The van der Waals surface area contributed by atoms with E-state index in [0.717, 1.165) is 37.5 Å². The maximum atomic E-state index is 13.0. The van der Waals surface area contributed by atoms with E-state index >= 15 is 0 Å². The number of alkyl halides is 3. The van der Waals surface area contributed by atoms with Gasteiger partial charge in [-0.2, -0.15) is 23.4 Å². The van der Waals surface area contributed by atoms with Crippen LogP contribution in [0.5, 0.6) is 17.4 Å². The van der Waals surface area contributed by atoms with Crippen LogP contribution < -0.4 is 20.1 Å². The summed E-state index contributed by atoms with van der Waals surface area (Å²) in [5, 5.41) is 9.52. The molecule has 1 aromatic carbocycles. The molecule has 1 spiro atoms. The van der Waals surface area contributed by atoms with Crippen LogP contribution >= 0.6 is 0 Å². The molecule has 2 saturated heterocycles. The van der Waals surface area contributed by atoms with E-state index < -0.39 is 11.9 Å². The number of ether oxygens (including phenoxy) is 2. The van der Waals surface area contributed by atoms with Crippen molar-refractivity contribution in [3.8, 4) is 23.4 Å². The van der Waals surface area contributed by atoms with E-state index in [1.807, 2.05) is 6.07 Å². The summed E-state index contributed by atoms with van der Waals surface area (Å²) in [5.74, 6) is 1.53. The zero-order valence-corrected chi connectivity index (χ0v) is 18.2. The lowest BCUT2D eigenvalue weighted by atomic mass is 9.74. The summed E-state index contributed by atoms with van der Waals surface area (Å²) in [5.41, 5.74) is -0.931. The molecule has 0 radical (unpaired) electrons. The number of nitriles is 1. The average Bonchev–Trinajstić information content (AvgIpc) is 3.44. The lowest BCUT2D eigenvalue weighted by molar-refractivity contribution is -0.141. The fraction of sp³-hybridized carbons (Fsp3) is 0.333. The van der Waals surface area contributed by atoms with Gasteiger partial charge >= 0.3 is 11.9 Å². The maximum Gasteiger partial charge on any atom is 0.433 e. The number of aromatic nitrogens is 3.